The van der Waals surface area contributed by atoms with Gasteiger partial charge in [0.1, 0.15) is 0 Å². The van der Waals surface area contributed by atoms with E-state index in [1.165, 1.54) is 6.42 Å². The highest BCUT2D eigenvalue weighted by Gasteiger charge is 2.29. The van der Waals surface area contributed by atoms with E-state index in [4.69, 9.17) is 4.74 Å². The highest BCUT2D eigenvalue weighted by atomic mass is 79.9. The molecule has 2 N–H and O–H groups in total. The Labute approximate surface area is 115 Å². The van der Waals surface area contributed by atoms with Crippen molar-refractivity contribution < 1.29 is 9.84 Å². The molecule has 0 radical (unpaired) electrons. The third kappa shape index (κ3) is 3.32. The lowest BCUT2D eigenvalue weighted by molar-refractivity contribution is 0.0165. The van der Waals surface area contributed by atoms with Gasteiger partial charge in [-0.25, -0.2) is 4.98 Å². The van der Waals surface area contributed by atoms with Gasteiger partial charge >= 0.3 is 0 Å². The molecule has 1 heterocycles. The summed E-state index contributed by atoms with van der Waals surface area (Å²) < 4.78 is 5.82. The fraction of sp³-hybridized carbons (Fsp3) is 0.667. The van der Waals surface area contributed by atoms with Gasteiger partial charge in [-0.3, -0.25) is 0 Å². The zero-order valence-electron chi connectivity index (χ0n) is 10.4. The molecule has 6 heteroatoms. The molecule has 5 nitrogen and oxygen atoms in total. The van der Waals surface area contributed by atoms with Gasteiger partial charge in [0.2, 0.25) is 11.8 Å². The maximum atomic E-state index is 10.4. The van der Waals surface area contributed by atoms with Gasteiger partial charge in [0, 0.05) is 6.54 Å². The number of rotatable bonds is 4. The first-order valence-electron chi connectivity index (χ1n) is 6.16. The number of nitrogens with one attached hydrogen (secondary N) is 1. The topological polar surface area (TPSA) is 67.3 Å². The van der Waals surface area contributed by atoms with Crippen LogP contribution in [0, 0.1) is 0 Å². The van der Waals surface area contributed by atoms with Gasteiger partial charge in [-0.15, -0.1) is 0 Å². The van der Waals surface area contributed by atoms with Crippen molar-refractivity contribution in [3.8, 4) is 5.88 Å². The smallest absolute Gasteiger partial charge is 0.232 e. The Kier molecular flexibility index (Phi) is 4.40. The van der Waals surface area contributed by atoms with Crippen LogP contribution in [-0.2, 0) is 0 Å². The maximum absolute atomic E-state index is 10.4. The second kappa shape index (κ2) is 5.84. The van der Waals surface area contributed by atoms with Crippen LogP contribution < -0.4 is 10.1 Å². The minimum Gasteiger partial charge on any atom is -0.480 e. The normalized spacial score (nSPS) is 18.4. The molecule has 2 rings (SSSR count). The zero-order chi connectivity index (χ0) is 13.0. The molecule has 1 aromatic rings. The van der Waals surface area contributed by atoms with E-state index in [1.54, 1.807) is 13.3 Å². The van der Waals surface area contributed by atoms with Gasteiger partial charge in [0.25, 0.3) is 0 Å². The van der Waals surface area contributed by atoms with Gasteiger partial charge in [0.15, 0.2) is 0 Å². The number of hydrogen-bond acceptors (Lipinski definition) is 5. The zero-order valence-corrected chi connectivity index (χ0v) is 12.0. The standard InChI is InChI=1S/C12H18BrN3O2/c1-18-10-9(13)7-14-11(16-10)15-8-12(17)5-3-2-4-6-12/h7,17H,2-6,8H2,1H3,(H,14,15,16). The minimum absolute atomic E-state index is 0.481. The molecule has 1 saturated carbocycles. The van der Waals surface area contributed by atoms with Crippen LogP contribution in [0.3, 0.4) is 0 Å². The minimum atomic E-state index is -0.623. The van der Waals surface area contributed by atoms with Gasteiger partial charge < -0.3 is 15.2 Å². The molecule has 0 atom stereocenters. The number of halogens is 1. The molecule has 1 fully saturated rings. The molecule has 1 aliphatic carbocycles. The van der Waals surface area contributed by atoms with E-state index in [9.17, 15) is 5.11 Å². The molecule has 0 bridgehead atoms. The Morgan fingerprint density at radius 2 is 2.17 bits per heavy atom. The summed E-state index contributed by atoms with van der Waals surface area (Å²) in [6.45, 7) is 0.484. The summed E-state index contributed by atoms with van der Waals surface area (Å²) in [7, 11) is 1.56. The fourth-order valence-electron chi connectivity index (χ4n) is 2.21. The van der Waals surface area contributed by atoms with Crippen molar-refractivity contribution in [3.05, 3.63) is 10.7 Å². The summed E-state index contributed by atoms with van der Waals surface area (Å²) in [5.41, 5.74) is -0.623. The van der Waals surface area contributed by atoms with E-state index in [2.05, 4.69) is 31.2 Å². The number of nitrogens with zero attached hydrogens (tertiary/aromatic N) is 2. The largest absolute Gasteiger partial charge is 0.480 e. The number of ether oxygens (including phenoxy) is 1. The van der Waals surface area contributed by atoms with Crippen molar-refractivity contribution in [2.75, 3.05) is 19.0 Å². The van der Waals surface area contributed by atoms with E-state index in [1.807, 2.05) is 0 Å². The highest BCUT2D eigenvalue weighted by Crippen LogP contribution is 2.28. The maximum Gasteiger partial charge on any atom is 0.232 e. The van der Waals surface area contributed by atoms with Gasteiger partial charge in [-0.2, -0.15) is 4.98 Å². The highest BCUT2D eigenvalue weighted by molar-refractivity contribution is 9.10. The molecule has 0 saturated heterocycles. The summed E-state index contributed by atoms with van der Waals surface area (Å²) in [4.78, 5) is 8.35. The van der Waals surface area contributed by atoms with Crippen LogP contribution in [0.4, 0.5) is 5.95 Å². The second-order valence-electron chi connectivity index (χ2n) is 4.69. The molecule has 0 spiro atoms. The second-order valence-corrected chi connectivity index (χ2v) is 5.54. The Morgan fingerprint density at radius 3 is 2.83 bits per heavy atom. The van der Waals surface area contributed by atoms with Crippen molar-refractivity contribution in [2.24, 2.45) is 0 Å². The molecular formula is C12H18BrN3O2. The van der Waals surface area contributed by atoms with E-state index in [-0.39, 0.29) is 0 Å². The number of methoxy groups -OCH3 is 1. The third-order valence-electron chi connectivity index (χ3n) is 3.27. The lowest BCUT2D eigenvalue weighted by Crippen LogP contribution is -2.39. The van der Waals surface area contributed by atoms with Gasteiger partial charge in [-0.1, -0.05) is 19.3 Å². The summed E-state index contributed by atoms with van der Waals surface area (Å²) in [6, 6.07) is 0. The average molecular weight is 316 g/mol. The van der Waals surface area contributed by atoms with E-state index >= 15 is 0 Å². The molecule has 18 heavy (non-hydrogen) atoms. The summed E-state index contributed by atoms with van der Waals surface area (Å²) in [5, 5.41) is 13.4. The predicted molar refractivity (Wildman–Crippen MR) is 72.8 cm³/mol. The van der Waals surface area contributed by atoms with Crippen molar-refractivity contribution >= 4 is 21.9 Å². The molecule has 1 aromatic heterocycles. The molecule has 0 unspecified atom stereocenters. The van der Waals surface area contributed by atoms with Crippen molar-refractivity contribution in [1.82, 2.24) is 9.97 Å². The molecular weight excluding hydrogens is 298 g/mol. The third-order valence-corrected chi connectivity index (χ3v) is 3.81. The predicted octanol–water partition coefficient (Wildman–Crippen LogP) is 2.35. The van der Waals surface area contributed by atoms with E-state index < -0.39 is 5.60 Å². The Bertz CT molecular complexity index is 408. The lowest BCUT2D eigenvalue weighted by atomic mass is 9.85. The molecule has 0 aromatic carbocycles. The molecule has 100 valence electrons. The van der Waals surface area contributed by atoms with E-state index in [0.29, 0.717) is 22.8 Å². The monoisotopic (exact) mass is 315 g/mol. The van der Waals surface area contributed by atoms with Gasteiger partial charge in [-0.05, 0) is 28.8 Å². The number of aliphatic hydroxyl groups is 1. The fourth-order valence-corrected chi connectivity index (χ4v) is 2.56. The molecule has 1 aliphatic rings. The van der Waals surface area contributed by atoms with Crippen LogP contribution in [-0.4, -0.2) is 34.3 Å². The van der Waals surface area contributed by atoms with Crippen LogP contribution in [0.5, 0.6) is 5.88 Å². The first kappa shape index (κ1) is 13.5. The number of anilines is 1. The average Bonchev–Trinajstić information content (AvgIpc) is 2.39. The molecule has 0 aliphatic heterocycles. The van der Waals surface area contributed by atoms with Crippen LogP contribution in [0.25, 0.3) is 0 Å². The van der Waals surface area contributed by atoms with Crippen molar-refractivity contribution in [2.45, 2.75) is 37.7 Å². The first-order valence-corrected chi connectivity index (χ1v) is 6.95. The Balaban J connectivity index is 1.97. The van der Waals surface area contributed by atoms with Gasteiger partial charge in [0.05, 0.1) is 23.4 Å². The number of hydrogen-bond donors (Lipinski definition) is 2. The Morgan fingerprint density at radius 1 is 1.44 bits per heavy atom. The number of aromatic nitrogens is 2. The summed E-state index contributed by atoms with van der Waals surface area (Å²) in [6.07, 6.45) is 6.71. The summed E-state index contributed by atoms with van der Waals surface area (Å²) in [5.74, 6) is 0.970. The molecule has 0 amide bonds. The van der Waals surface area contributed by atoms with Crippen LogP contribution in [0.15, 0.2) is 10.7 Å². The van der Waals surface area contributed by atoms with Crippen LogP contribution >= 0.6 is 15.9 Å². The van der Waals surface area contributed by atoms with Crippen molar-refractivity contribution in [1.29, 1.82) is 0 Å². The van der Waals surface area contributed by atoms with Crippen LogP contribution in [0.2, 0.25) is 0 Å². The van der Waals surface area contributed by atoms with Crippen molar-refractivity contribution in [3.63, 3.8) is 0 Å². The summed E-state index contributed by atoms with van der Waals surface area (Å²) >= 11 is 3.30. The lowest BCUT2D eigenvalue weighted by Gasteiger charge is -2.32. The quantitative estimate of drug-likeness (QED) is 0.892. The first-order chi connectivity index (χ1) is 8.63. The SMILES string of the molecule is COc1nc(NCC2(O)CCCCC2)ncc1Br. The van der Waals surface area contributed by atoms with E-state index in [0.717, 1.165) is 25.7 Å². The Hall–Kier alpha value is -0.880. The van der Waals surface area contributed by atoms with Crippen LogP contribution in [0.1, 0.15) is 32.1 Å².